The first kappa shape index (κ1) is 17.3. The molecule has 0 unspecified atom stereocenters. The maximum Gasteiger partial charge on any atom is 0.191 e. The lowest BCUT2D eigenvalue weighted by atomic mass is 10.1. The molecule has 0 saturated carbocycles. The van der Waals surface area contributed by atoms with E-state index in [0.29, 0.717) is 13.2 Å². The summed E-state index contributed by atoms with van der Waals surface area (Å²) in [5.74, 6) is 1.75. The Bertz CT molecular complexity index is 422. The number of guanidine groups is 1. The van der Waals surface area contributed by atoms with E-state index in [9.17, 15) is 0 Å². The van der Waals surface area contributed by atoms with Crippen molar-refractivity contribution in [2.24, 2.45) is 4.99 Å². The van der Waals surface area contributed by atoms with Crippen LogP contribution in [0.4, 0.5) is 0 Å². The molecule has 5 heteroatoms. The van der Waals surface area contributed by atoms with Crippen LogP contribution in [0.5, 0.6) is 5.75 Å². The fraction of sp³-hybridized carbons (Fsp3) is 0.562. The van der Waals surface area contributed by atoms with E-state index in [0.717, 1.165) is 37.8 Å². The van der Waals surface area contributed by atoms with Crippen LogP contribution < -0.4 is 15.4 Å². The molecule has 5 nitrogen and oxygen atoms in total. The van der Waals surface area contributed by atoms with Gasteiger partial charge in [0.1, 0.15) is 5.75 Å². The van der Waals surface area contributed by atoms with E-state index in [1.165, 1.54) is 5.56 Å². The van der Waals surface area contributed by atoms with E-state index in [2.05, 4.69) is 28.6 Å². The summed E-state index contributed by atoms with van der Waals surface area (Å²) in [7, 11) is 1.70. The highest BCUT2D eigenvalue weighted by Crippen LogP contribution is 2.17. The van der Waals surface area contributed by atoms with Crippen molar-refractivity contribution in [3.63, 3.8) is 0 Å². The lowest BCUT2D eigenvalue weighted by Gasteiger charge is -2.12. The molecule has 0 fully saturated rings. The smallest absolute Gasteiger partial charge is 0.191 e. The molecule has 118 valence electrons. The predicted octanol–water partition coefficient (Wildman–Crippen LogP) is 1.83. The van der Waals surface area contributed by atoms with Crippen LogP contribution in [-0.2, 0) is 11.2 Å². The zero-order valence-electron chi connectivity index (χ0n) is 13.3. The fourth-order valence-electron chi connectivity index (χ4n) is 1.93. The normalized spacial score (nSPS) is 11.3. The molecule has 0 aliphatic carbocycles. The number of hydrogen-bond acceptors (Lipinski definition) is 3. The molecule has 0 amide bonds. The van der Waals surface area contributed by atoms with Crippen molar-refractivity contribution in [1.29, 1.82) is 0 Å². The van der Waals surface area contributed by atoms with Crippen LogP contribution in [0.3, 0.4) is 0 Å². The van der Waals surface area contributed by atoms with E-state index < -0.39 is 0 Å². The maximum atomic E-state index is 5.35. The number of ether oxygens (including phenoxy) is 2. The van der Waals surface area contributed by atoms with Gasteiger partial charge in [0.25, 0.3) is 0 Å². The second-order valence-electron chi connectivity index (χ2n) is 4.45. The highest BCUT2D eigenvalue weighted by molar-refractivity contribution is 5.79. The second kappa shape index (κ2) is 11.0. The average Bonchev–Trinajstić information content (AvgIpc) is 2.52. The molecule has 1 aromatic rings. The number of nitrogens with one attached hydrogen (secondary N) is 2. The van der Waals surface area contributed by atoms with Gasteiger partial charge in [-0.1, -0.05) is 18.2 Å². The summed E-state index contributed by atoms with van der Waals surface area (Å²) in [5, 5.41) is 6.55. The number of methoxy groups -OCH3 is 1. The second-order valence-corrected chi connectivity index (χ2v) is 4.45. The summed E-state index contributed by atoms with van der Waals surface area (Å²) in [5.41, 5.74) is 1.19. The summed E-state index contributed by atoms with van der Waals surface area (Å²) in [6.45, 7) is 7.74. The first-order valence-corrected chi connectivity index (χ1v) is 7.53. The van der Waals surface area contributed by atoms with Crippen LogP contribution >= 0.6 is 0 Å². The van der Waals surface area contributed by atoms with Crippen LogP contribution in [0.1, 0.15) is 19.4 Å². The van der Waals surface area contributed by atoms with Gasteiger partial charge in [-0.15, -0.1) is 0 Å². The van der Waals surface area contributed by atoms with E-state index >= 15 is 0 Å². The lowest BCUT2D eigenvalue weighted by Crippen LogP contribution is -2.38. The molecule has 0 radical (unpaired) electrons. The van der Waals surface area contributed by atoms with Crippen molar-refractivity contribution in [1.82, 2.24) is 10.6 Å². The quantitative estimate of drug-likeness (QED) is 0.414. The third kappa shape index (κ3) is 6.99. The summed E-state index contributed by atoms with van der Waals surface area (Å²) in [6.07, 6.45) is 0.889. The van der Waals surface area contributed by atoms with Crippen molar-refractivity contribution >= 4 is 5.96 Å². The fourth-order valence-corrected chi connectivity index (χ4v) is 1.93. The number of aliphatic imine (C=N–C) groups is 1. The van der Waals surface area contributed by atoms with Gasteiger partial charge >= 0.3 is 0 Å². The topological polar surface area (TPSA) is 54.9 Å². The Kier molecular flexibility index (Phi) is 9.04. The van der Waals surface area contributed by atoms with Crippen LogP contribution in [0, 0.1) is 0 Å². The van der Waals surface area contributed by atoms with Crippen LogP contribution in [-0.4, -0.2) is 45.9 Å². The third-order valence-electron chi connectivity index (χ3n) is 2.93. The van der Waals surface area contributed by atoms with E-state index in [4.69, 9.17) is 9.47 Å². The number of para-hydroxylation sites is 1. The minimum atomic E-state index is 0.652. The Morgan fingerprint density at radius 3 is 2.71 bits per heavy atom. The highest BCUT2D eigenvalue weighted by atomic mass is 16.5. The lowest BCUT2D eigenvalue weighted by molar-refractivity contribution is 0.155. The predicted molar refractivity (Wildman–Crippen MR) is 87.2 cm³/mol. The Labute approximate surface area is 127 Å². The molecule has 0 atom stereocenters. The standard InChI is InChI=1S/C16H27N3O2/c1-4-17-16(19-12-13-21-5-2)18-11-10-14-8-6-7-9-15(14)20-3/h6-9H,4-5,10-13H2,1-3H3,(H2,17,18,19). The third-order valence-corrected chi connectivity index (χ3v) is 2.93. The molecule has 21 heavy (non-hydrogen) atoms. The van der Waals surface area contributed by atoms with Crippen molar-refractivity contribution in [3.8, 4) is 5.75 Å². The Balaban J connectivity index is 2.42. The first-order valence-electron chi connectivity index (χ1n) is 7.53. The number of hydrogen-bond donors (Lipinski definition) is 2. The van der Waals surface area contributed by atoms with Gasteiger partial charge in [0, 0.05) is 19.7 Å². The minimum Gasteiger partial charge on any atom is -0.496 e. The van der Waals surface area contributed by atoms with Crippen LogP contribution in [0.25, 0.3) is 0 Å². The molecule has 0 aliphatic rings. The van der Waals surface area contributed by atoms with Gasteiger partial charge in [-0.3, -0.25) is 4.99 Å². The summed E-state index contributed by atoms with van der Waals surface area (Å²) >= 11 is 0. The van der Waals surface area contributed by atoms with Gasteiger partial charge in [0.15, 0.2) is 5.96 Å². The monoisotopic (exact) mass is 293 g/mol. The molecule has 0 aliphatic heterocycles. The Hall–Kier alpha value is -1.75. The summed E-state index contributed by atoms with van der Waals surface area (Å²) in [4.78, 5) is 4.46. The van der Waals surface area contributed by atoms with Gasteiger partial charge in [-0.25, -0.2) is 0 Å². The van der Waals surface area contributed by atoms with Gasteiger partial charge in [0.2, 0.25) is 0 Å². The SMILES string of the molecule is CCNC(=NCCOCC)NCCc1ccccc1OC. The summed E-state index contributed by atoms with van der Waals surface area (Å²) < 4.78 is 10.6. The zero-order chi connectivity index (χ0) is 15.3. The van der Waals surface area contributed by atoms with Gasteiger partial charge in [-0.2, -0.15) is 0 Å². The van der Waals surface area contributed by atoms with Crippen LogP contribution in [0.15, 0.2) is 29.3 Å². The van der Waals surface area contributed by atoms with Gasteiger partial charge in [0.05, 0.1) is 20.3 Å². The molecule has 0 heterocycles. The average molecular weight is 293 g/mol. The van der Waals surface area contributed by atoms with Gasteiger partial charge < -0.3 is 20.1 Å². The first-order chi connectivity index (χ1) is 10.3. The summed E-state index contributed by atoms with van der Waals surface area (Å²) in [6, 6.07) is 8.07. The van der Waals surface area contributed by atoms with Crippen molar-refractivity contribution in [3.05, 3.63) is 29.8 Å². The molecular weight excluding hydrogens is 266 g/mol. The zero-order valence-corrected chi connectivity index (χ0v) is 13.3. The minimum absolute atomic E-state index is 0.652. The van der Waals surface area contributed by atoms with E-state index in [-0.39, 0.29) is 0 Å². The van der Waals surface area contributed by atoms with Crippen LogP contribution in [0.2, 0.25) is 0 Å². The number of rotatable bonds is 9. The van der Waals surface area contributed by atoms with E-state index in [1.54, 1.807) is 7.11 Å². The molecule has 0 aromatic heterocycles. The Morgan fingerprint density at radius 2 is 2.00 bits per heavy atom. The molecular formula is C16H27N3O2. The van der Waals surface area contributed by atoms with Crippen molar-refractivity contribution in [2.75, 3.05) is 40.0 Å². The Morgan fingerprint density at radius 1 is 1.19 bits per heavy atom. The molecule has 0 saturated heterocycles. The maximum absolute atomic E-state index is 5.35. The number of benzene rings is 1. The molecule has 0 spiro atoms. The van der Waals surface area contributed by atoms with Crippen molar-refractivity contribution in [2.45, 2.75) is 20.3 Å². The highest BCUT2D eigenvalue weighted by Gasteiger charge is 2.02. The molecule has 1 rings (SSSR count). The van der Waals surface area contributed by atoms with E-state index in [1.807, 2.05) is 25.1 Å². The molecule has 1 aromatic carbocycles. The number of nitrogens with zero attached hydrogens (tertiary/aromatic N) is 1. The molecule has 0 bridgehead atoms. The largest absolute Gasteiger partial charge is 0.496 e. The molecule has 2 N–H and O–H groups in total. The van der Waals surface area contributed by atoms with Gasteiger partial charge in [-0.05, 0) is 31.9 Å². The van der Waals surface area contributed by atoms with Crippen molar-refractivity contribution < 1.29 is 9.47 Å².